The smallest absolute Gasteiger partial charge is 0.312 e. The molecule has 8 nitrogen and oxygen atoms in total. The molecular weight excluding hydrogens is 274 g/mol. The zero-order valence-electron chi connectivity index (χ0n) is 12.4. The summed E-state index contributed by atoms with van der Waals surface area (Å²) in [5.41, 5.74) is 0.908. The number of piperidine rings is 1. The first-order valence-electron chi connectivity index (χ1n) is 7.17. The van der Waals surface area contributed by atoms with Gasteiger partial charge in [0.1, 0.15) is 11.4 Å². The third-order valence-corrected chi connectivity index (χ3v) is 3.74. The van der Waals surface area contributed by atoms with E-state index in [2.05, 4.69) is 15.7 Å². The largest absolute Gasteiger partial charge is 0.352 e. The first-order valence-corrected chi connectivity index (χ1v) is 7.17. The molecule has 0 aliphatic carbocycles. The van der Waals surface area contributed by atoms with Gasteiger partial charge in [-0.3, -0.25) is 19.6 Å². The number of carbonyl (C=O) groups excluding carboxylic acids is 1. The average molecular weight is 295 g/mol. The monoisotopic (exact) mass is 295 g/mol. The summed E-state index contributed by atoms with van der Waals surface area (Å²) in [6.45, 7) is 5.42. The van der Waals surface area contributed by atoms with Crippen LogP contribution in [0.2, 0.25) is 0 Å². The SMILES string of the molecule is Cc1nn(CCC(=O)NC2CCCNC2)c(C)c1[N+](=O)[O-]. The minimum atomic E-state index is -0.429. The van der Waals surface area contributed by atoms with Crippen molar-refractivity contribution in [1.82, 2.24) is 20.4 Å². The Bertz CT molecular complexity index is 534. The molecule has 8 heteroatoms. The van der Waals surface area contributed by atoms with Crippen molar-refractivity contribution in [3.05, 3.63) is 21.5 Å². The van der Waals surface area contributed by atoms with Crippen LogP contribution in [0.25, 0.3) is 0 Å². The topological polar surface area (TPSA) is 102 Å². The lowest BCUT2D eigenvalue weighted by molar-refractivity contribution is -0.386. The molecule has 0 spiro atoms. The molecule has 0 radical (unpaired) electrons. The van der Waals surface area contributed by atoms with E-state index in [0.717, 1.165) is 25.9 Å². The second-order valence-electron chi connectivity index (χ2n) is 5.36. The zero-order valence-corrected chi connectivity index (χ0v) is 12.4. The predicted octanol–water partition coefficient (Wildman–Crippen LogP) is 0.666. The molecule has 116 valence electrons. The molecule has 1 aromatic heterocycles. The van der Waals surface area contributed by atoms with E-state index >= 15 is 0 Å². The van der Waals surface area contributed by atoms with Crippen LogP contribution in [0.1, 0.15) is 30.7 Å². The van der Waals surface area contributed by atoms with Crippen LogP contribution in [0.4, 0.5) is 5.69 Å². The van der Waals surface area contributed by atoms with Crippen molar-refractivity contribution < 1.29 is 9.72 Å². The number of nitrogens with one attached hydrogen (secondary N) is 2. The standard InChI is InChI=1S/C13H21N5O3/c1-9-13(18(20)21)10(2)17(16-9)7-5-12(19)15-11-4-3-6-14-8-11/h11,14H,3-8H2,1-2H3,(H,15,19). The van der Waals surface area contributed by atoms with Gasteiger partial charge in [0, 0.05) is 19.0 Å². The quantitative estimate of drug-likeness (QED) is 0.614. The number of nitrogens with zero attached hydrogens (tertiary/aromatic N) is 3. The summed E-state index contributed by atoms with van der Waals surface area (Å²) in [5.74, 6) is -0.0427. The highest BCUT2D eigenvalue weighted by Crippen LogP contribution is 2.21. The van der Waals surface area contributed by atoms with E-state index < -0.39 is 4.92 Å². The Labute approximate surface area is 123 Å². The summed E-state index contributed by atoms with van der Waals surface area (Å²) in [5, 5.41) is 21.3. The second kappa shape index (κ2) is 6.66. The second-order valence-corrected chi connectivity index (χ2v) is 5.36. The van der Waals surface area contributed by atoms with E-state index in [4.69, 9.17) is 0 Å². The van der Waals surface area contributed by atoms with Crippen molar-refractivity contribution in [3.8, 4) is 0 Å². The number of nitro groups is 1. The minimum absolute atomic E-state index is 0.0342. The van der Waals surface area contributed by atoms with Gasteiger partial charge in [-0.25, -0.2) is 0 Å². The number of rotatable bonds is 5. The lowest BCUT2D eigenvalue weighted by Crippen LogP contribution is -2.45. The fraction of sp³-hybridized carbons (Fsp3) is 0.692. The van der Waals surface area contributed by atoms with E-state index in [1.54, 1.807) is 13.8 Å². The fourth-order valence-electron chi connectivity index (χ4n) is 2.65. The average Bonchev–Trinajstić information content (AvgIpc) is 2.72. The molecule has 0 bridgehead atoms. The molecule has 1 saturated heterocycles. The van der Waals surface area contributed by atoms with Crippen LogP contribution in [0.3, 0.4) is 0 Å². The van der Waals surface area contributed by atoms with Crippen LogP contribution in [-0.2, 0) is 11.3 Å². The van der Waals surface area contributed by atoms with Crippen LogP contribution >= 0.6 is 0 Å². The Morgan fingerprint density at radius 1 is 1.57 bits per heavy atom. The van der Waals surface area contributed by atoms with E-state index in [-0.39, 0.29) is 24.1 Å². The maximum atomic E-state index is 11.9. The number of amides is 1. The Morgan fingerprint density at radius 3 is 2.90 bits per heavy atom. The van der Waals surface area contributed by atoms with Crippen molar-refractivity contribution in [1.29, 1.82) is 0 Å². The molecule has 2 heterocycles. The summed E-state index contributed by atoms with van der Waals surface area (Å²) in [4.78, 5) is 22.4. The van der Waals surface area contributed by atoms with E-state index in [1.165, 1.54) is 4.68 Å². The zero-order chi connectivity index (χ0) is 15.4. The van der Waals surface area contributed by atoms with Gasteiger partial charge in [0.25, 0.3) is 0 Å². The van der Waals surface area contributed by atoms with E-state index in [9.17, 15) is 14.9 Å². The minimum Gasteiger partial charge on any atom is -0.352 e. The van der Waals surface area contributed by atoms with Gasteiger partial charge in [-0.1, -0.05) is 0 Å². The van der Waals surface area contributed by atoms with Gasteiger partial charge in [-0.05, 0) is 33.2 Å². The molecule has 21 heavy (non-hydrogen) atoms. The van der Waals surface area contributed by atoms with Gasteiger partial charge in [-0.2, -0.15) is 5.10 Å². The van der Waals surface area contributed by atoms with Crippen molar-refractivity contribution in [2.45, 2.75) is 45.7 Å². The summed E-state index contributed by atoms with van der Waals surface area (Å²) in [6, 6.07) is 0.182. The molecule has 1 aromatic rings. The molecular formula is C13H21N5O3. The van der Waals surface area contributed by atoms with Crippen molar-refractivity contribution in [3.63, 3.8) is 0 Å². The van der Waals surface area contributed by atoms with Gasteiger partial charge in [0.05, 0.1) is 11.5 Å². The third kappa shape index (κ3) is 3.78. The Kier molecular flexibility index (Phi) is 4.89. The molecule has 2 rings (SSSR count). The molecule has 1 atom stereocenters. The molecule has 1 amide bonds. The fourth-order valence-corrected chi connectivity index (χ4v) is 2.65. The molecule has 1 unspecified atom stereocenters. The van der Waals surface area contributed by atoms with Gasteiger partial charge in [0.2, 0.25) is 5.91 Å². The van der Waals surface area contributed by atoms with E-state index in [1.807, 2.05) is 0 Å². The molecule has 1 fully saturated rings. The van der Waals surface area contributed by atoms with Crippen LogP contribution in [0.15, 0.2) is 0 Å². The van der Waals surface area contributed by atoms with E-state index in [0.29, 0.717) is 17.9 Å². The number of hydrogen-bond donors (Lipinski definition) is 2. The molecule has 1 aliphatic heterocycles. The maximum absolute atomic E-state index is 11.9. The maximum Gasteiger partial charge on any atom is 0.312 e. The number of aryl methyl sites for hydroxylation is 2. The lowest BCUT2D eigenvalue weighted by Gasteiger charge is -2.23. The molecule has 0 saturated carbocycles. The highest BCUT2D eigenvalue weighted by atomic mass is 16.6. The molecule has 1 aliphatic rings. The van der Waals surface area contributed by atoms with Crippen LogP contribution in [0, 0.1) is 24.0 Å². The number of aromatic nitrogens is 2. The van der Waals surface area contributed by atoms with Crippen LogP contribution in [0.5, 0.6) is 0 Å². The highest BCUT2D eigenvalue weighted by molar-refractivity contribution is 5.76. The Balaban J connectivity index is 1.89. The summed E-state index contributed by atoms with van der Waals surface area (Å²) in [6.07, 6.45) is 2.33. The van der Waals surface area contributed by atoms with Crippen LogP contribution < -0.4 is 10.6 Å². The molecule has 2 N–H and O–H groups in total. The van der Waals surface area contributed by atoms with Gasteiger partial charge in [-0.15, -0.1) is 0 Å². The van der Waals surface area contributed by atoms with Gasteiger partial charge in [0.15, 0.2) is 0 Å². The molecule has 0 aromatic carbocycles. The normalized spacial score (nSPS) is 18.5. The Morgan fingerprint density at radius 2 is 2.33 bits per heavy atom. The van der Waals surface area contributed by atoms with Crippen molar-refractivity contribution in [2.24, 2.45) is 0 Å². The highest BCUT2D eigenvalue weighted by Gasteiger charge is 2.22. The summed E-state index contributed by atoms with van der Waals surface area (Å²) < 4.78 is 1.53. The Hall–Kier alpha value is -1.96. The summed E-state index contributed by atoms with van der Waals surface area (Å²) >= 11 is 0. The van der Waals surface area contributed by atoms with Gasteiger partial charge < -0.3 is 10.6 Å². The van der Waals surface area contributed by atoms with Crippen LogP contribution in [-0.4, -0.2) is 39.7 Å². The van der Waals surface area contributed by atoms with Crippen molar-refractivity contribution >= 4 is 11.6 Å². The number of hydrogen-bond acceptors (Lipinski definition) is 5. The number of carbonyl (C=O) groups is 1. The van der Waals surface area contributed by atoms with Crippen molar-refractivity contribution in [2.75, 3.05) is 13.1 Å². The third-order valence-electron chi connectivity index (χ3n) is 3.74. The van der Waals surface area contributed by atoms with Gasteiger partial charge >= 0.3 is 5.69 Å². The summed E-state index contributed by atoms with van der Waals surface area (Å²) in [7, 11) is 0. The first-order chi connectivity index (χ1) is 9.99. The first kappa shape index (κ1) is 15.4. The lowest BCUT2D eigenvalue weighted by atomic mass is 10.1. The predicted molar refractivity (Wildman–Crippen MR) is 77.0 cm³/mol.